The summed E-state index contributed by atoms with van der Waals surface area (Å²) in [5, 5.41) is 5.08. The Morgan fingerprint density at radius 1 is 0.680 bits per heavy atom. The lowest BCUT2D eigenvalue weighted by atomic mass is 9.96. The Labute approximate surface area is 147 Å². The molecule has 25 heavy (non-hydrogen) atoms. The summed E-state index contributed by atoms with van der Waals surface area (Å²) in [6.45, 7) is 2.23. The predicted molar refractivity (Wildman–Crippen MR) is 105 cm³/mol. The molecule has 124 valence electrons. The number of hydrogen-bond donors (Lipinski definition) is 0. The summed E-state index contributed by atoms with van der Waals surface area (Å²) in [5.74, 6) is -0.200. The molecule has 0 aliphatic rings. The van der Waals surface area contributed by atoms with Gasteiger partial charge in [-0.1, -0.05) is 67.9 Å². The zero-order valence-electron chi connectivity index (χ0n) is 14.4. The molecule has 1 heteroatoms. The highest BCUT2D eigenvalue weighted by Crippen LogP contribution is 2.30. The van der Waals surface area contributed by atoms with E-state index in [1.54, 1.807) is 0 Å². The average Bonchev–Trinajstić information content (AvgIpc) is 2.66. The summed E-state index contributed by atoms with van der Waals surface area (Å²) in [6.07, 6.45) is 3.61. The van der Waals surface area contributed by atoms with Crippen LogP contribution >= 0.6 is 0 Å². The van der Waals surface area contributed by atoms with Crippen LogP contribution in [0.4, 0.5) is 4.39 Å². The summed E-state index contributed by atoms with van der Waals surface area (Å²) in [4.78, 5) is 0. The third-order valence-electron chi connectivity index (χ3n) is 4.90. The molecule has 0 saturated heterocycles. The Balaban J connectivity index is 1.78. The van der Waals surface area contributed by atoms with Gasteiger partial charge >= 0.3 is 0 Å². The van der Waals surface area contributed by atoms with Crippen LogP contribution in [0.1, 0.15) is 25.3 Å². The molecule has 4 aromatic carbocycles. The van der Waals surface area contributed by atoms with Crippen molar-refractivity contribution in [2.45, 2.75) is 26.2 Å². The van der Waals surface area contributed by atoms with Gasteiger partial charge in [-0.3, -0.25) is 0 Å². The summed E-state index contributed by atoms with van der Waals surface area (Å²) < 4.78 is 13.1. The number of unbranched alkanes of at least 4 members (excludes halogenated alkanes) is 1. The van der Waals surface area contributed by atoms with Gasteiger partial charge in [0.25, 0.3) is 0 Å². The summed E-state index contributed by atoms with van der Waals surface area (Å²) >= 11 is 0. The first kappa shape index (κ1) is 15.8. The van der Waals surface area contributed by atoms with E-state index in [2.05, 4.69) is 55.5 Å². The zero-order chi connectivity index (χ0) is 17.2. The first-order valence-corrected chi connectivity index (χ1v) is 8.96. The van der Waals surface area contributed by atoms with Crippen molar-refractivity contribution in [1.29, 1.82) is 0 Å². The second-order valence-corrected chi connectivity index (χ2v) is 6.67. The lowest BCUT2D eigenvalue weighted by molar-refractivity contribution is 0.628. The molecule has 0 aliphatic heterocycles. The average molecular weight is 328 g/mol. The van der Waals surface area contributed by atoms with Gasteiger partial charge in [0, 0.05) is 0 Å². The number of benzene rings is 4. The van der Waals surface area contributed by atoms with Crippen molar-refractivity contribution in [1.82, 2.24) is 0 Å². The molecule has 0 aliphatic carbocycles. The minimum atomic E-state index is -0.200. The first-order chi connectivity index (χ1) is 12.2. The van der Waals surface area contributed by atoms with E-state index in [9.17, 15) is 4.39 Å². The molecule has 0 heterocycles. The quantitative estimate of drug-likeness (QED) is 0.349. The van der Waals surface area contributed by atoms with Gasteiger partial charge in [-0.25, -0.2) is 4.39 Å². The Hall–Kier alpha value is -2.67. The Morgan fingerprint density at radius 3 is 2.04 bits per heavy atom. The Morgan fingerprint density at radius 2 is 1.32 bits per heavy atom. The third-order valence-corrected chi connectivity index (χ3v) is 4.90. The van der Waals surface area contributed by atoms with Crippen molar-refractivity contribution in [3.05, 3.63) is 84.2 Å². The molecule has 0 unspecified atom stereocenters. The molecule has 0 aromatic heterocycles. The SMILES string of the molecule is CCCCc1ccc2c(ccc3cc(-c4ccc(F)cc4)ccc32)c1. The van der Waals surface area contributed by atoms with E-state index in [4.69, 9.17) is 0 Å². The van der Waals surface area contributed by atoms with Crippen molar-refractivity contribution in [3.63, 3.8) is 0 Å². The van der Waals surface area contributed by atoms with E-state index < -0.39 is 0 Å². The monoisotopic (exact) mass is 328 g/mol. The van der Waals surface area contributed by atoms with Crippen LogP contribution in [0.15, 0.2) is 72.8 Å². The van der Waals surface area contributed by atoms with E-state index in [0.29, 0.717) is 0 Å². The molecule has 0 fully saturated rings. The lowest BCUT2D eigenvalue weighted by Crippen LogP contribution is -1.86. The number of aryl methyl sites for hydroxylation is 1. The van der Waals surface area contributed by atoms with Gasteiger partial charge in [0.1, 0.15) is 5.82 Å². The molecule has 0 atom stereocenters. The van der Waals surface area contributed by atoms with Crippen LogP contribution in [0.5, 0.6) is 0 Å². The lowest BCUT2D eigenvalue weighted by Gasteiger charge is -2.09. The largest absolute Gasteiger partial charge is 0.207 e. The number of hydrogen-bond acceptors (Lipinski definition) is 0. The normalized spacial score (nSPS) is 11.3. The molecule has 0 spiro atoms. The summed E-state index contributed by atoms with van der Waals surface area (Å²) in [7, 11) is 0. The number of halogens is 1. The summed E-state index contributed by atoms with van der Waals surface area (Å²) in [6, 6.07) is 24.4. The molecule has 0 amide bonds. The van der Waals surface area contributed by atoms with Crippen molar-refractivity contribution < 1.29 is 4.39 Å². The van der Waals surface area contributed by atoms with E-state index in [0.717, 1.165) is 17.5 Å². The molecule has 0 radical (unpaired) electrons. The van der Waals surface area contributed by atoms with Gasteiger partial charge < -0.3 is 0 Å². The molecular formula is C24H21F. The fourth-order valence-corrected chi connectivity index (χ4v) is 3.48. The van der Waals surface area contributed by atoms with E-state index >= 15 is 0 Å². The smallest absolute Gasteiger partial charge is 0.123 e. The fraction of sp³-hybridized carbons (Fsp3) is 0.167. The Kier molecular flexibility index (Phi) is 4.23. The van der Waals surface area contributed by atoms with Crippen LogP contribution in [0.2, 0.25) is 0 Å². The van der Waals surface area contributed by atoms with Crippen LogP contribution in [-0.4, -0.2) is 0 Å². The third kappa shape index (κ3) is 3.15. The van der Waals surface area contributed by atoms with Crippen molar-refractivity contribution in [3.8, 4) is 11.1 Å². The fourth-order valence-electron chi connectivity index (χ4n) is 3.48. The highest BCUT2D eigenvalue weighted by Gasteiger charge is 2.05. The highest BCUT2D eigenvalue weighted by molar-refractivity contribution is 6.08. The number of rotatable bonds is 4. The minimum absolute atomic E-state index is 0.200. The van der Waals surface area contributed by atoms with Gasteiger partial charge in [0.15, 0.2) is 0 Å². The van der Waals surface area contributed by atoms with Crippen molar-refractivity contribution in [2.24, 2.45) is 0 Å². The maximum absolute atomic E-state index is 13.1. The summed E-state index contributed by atoms with van der Waals surface area (Å²) in [5.41, 5.74) is 3.57. The second kappa shape index (κ2) is 6.68. The van der Waals surface area contributed by atoms with Crippen LogP contribution in [0, 0.1) is 5.82 Å². The van der Waals surface area contributed by atoms with E-state index in [1.807, 2.05) is 12.1 Å². The van der Waals surface area contributed by atoms with Gasteiger partial charge in [-0.2, -0.15) is 0 Å². The molecule has 0 saturated carbocycles. The second-order valence-electron chi connectivity index (χ2n) is 6.67. The molecule has 4 aromatic rings. The van der Waals surface area contributed by atoms with Crippen molar-refractivity contribution in [2.75, 3.05) is 0 Å². The zero-order valence-corrected chi connectivity index (χ0v) is 14.4. The van der Waals surface area contributed by atoms with Crippen LogP contribution in [-0.2, 0) is 6.42 Å². The van der Waals surface area contributed by atoms with Gasteiger partial charge in [0.2, 0.25) is 0 Å². The minimum Gasteiger partial charge on any atom is -0.207 e. The van der Waals surface area contributed by atoms with E-state index in [1.165, 1.54) is 52.1 Å². The molecule has 4 rings (SSSR count). The maximum Gasteiger partial charge on any atom is 0.123 e. The van der Waals surface area contributed by atoms with E-state index in [-0.39, 0.29) is 5.82 Å². The number of fused-ring (bicyclic) bond motifs is 3. The maximum atomic E-state index is 13.1. The first-order valence-electron chi connectivity index (χ1n) is 8.96. The standard InChI is InChI=1S/C24H21F/c1-2-3-4-17-5-13-23-20(15-17)6-7-21-16-19(10-14-24(21)23)18-8-11-22(25)12-9-18/h5-16H,2-4H2,1H3. The molecule has 0 nitrogen and oxygen atoms in total. The Bertz CT molecular complexity index is 1030. The predicted octanol–water partition coefficient (Wildman–Crippen LogP) is 7.14. The van der Waals surface area contributed by atoms with Crippen LogP contribution < -0.4 is 0 Å². The highest BCUT2D eigenvalue weighted by atomic mass is 19.1. The van der Waals surface area contributed by atoms with Gasteiger partial charge in [0.05, 0.1) is 0 Å². The van der Waals surface area contributed by atoms with Gasteiger partial charge in [-0.15, -0.1) is 0 Å². The van der Waals surface area contributed by atoms with Crippen molar-refractivity contribution >= 4 is 21.5 Å². The molecule has 0 N–H and O–H groups in total. The molecular weight excluding hydrogens is 307 g/mol. The van der Waals surface area contributed by atoms with Crippen LogP contribution in [0.25, 0.3) is 32.7 Å². The molecule has 0 bridgehead atoms. The van der Waals surface area contributed by atoms with Gasteiger partial charge in [-0.05, 0) is 69.3 Å². The van der Waals surface area contributed by atoms with Crippen LogP contribution in [0.3, 0.4) is 0 Å². The topological polar surface area (TPSA) is 0 Å².